The lowest BCUT2D eigenvalue weighted by Gasteiger charge is -2.36. The smallest absolute Gasteiger partial charge is 0.410 e. The molecule has 0 aromatic carbocycles. The minimum absolute atomic E-state index is 0.216. The first-order chi connectivity index (χ1) is 13.2. The summed E-state index contributed by atoms with van der Waals surface area (Å²) in [4.78, 5) is 20.9. The minimum atomic E-state index is -0.458. The Balaban J connectivity index is 1.81. The van der Waals surface area contributed by atoms with Crippen LogP contribution in [0.3, 0.4) is 0 Å². The number of hydrogen-bond acceptors (Lipinski definition) is 4. The van der Waals surface area contributed by atoms with Crippen LogP contribution >= 0.6 is 0 Å². The second-order valence-corrected chi connectivity index (χ2v) is 8.37. The predicted octanol–water partition coefficient (Wildman–Crippen LogP) is 2.46. The van der Waals surface area contributed by atoms with Gasteiger partial charge in [-0.3, -0.25) is 9.67 Å². The first-order valence-electron chi connectivity index (χ1n) is 10.1. The highest BCUT2D eigenvalue weighted by molar-refractivity contribution is 5.79. The molecule has 1 aromatic heterocycles. The zero-order valence-electron chi connectivity index (χ0n) is 18.2. The van der Waals surface area contributed by atoms with Crippen molar-refractivity contribution in [3.8, 4) is 0 Å². The summed E-state index contributed by atoms with van der Waals surface area (Å²) in [5.74, 6) is 1.40. The van der Waals surface area contributed by atoms with E-state index >= 15 is 0 Å². The van der Waals surface area contributed by atoms with Crippen LogP contribution in [0, 0.1) is 5.92 Å². The molecule has 0 bridgehead atoms. The molecule has 0 aliphatic carbocycles. The number of nitrogens with zero attached hydrogens (tertiary/aromatic N) is 5. The Morgan fingerprint density at radius 1 is 1.39 bits per heavy atom. The predicted molar refractivity (Wildman–Crippen MR) is 111 cm³/mol. The average Bonchev–Trinajstić information content (AvgIpc) is 3.05. The molecule has 1 fully saturated rings. The van der Waals surface area contributed by atoms with Gasteiger partial charge in [0, 0.05) is 58.6 Å². The topological polar surface area (TPSA) is 75.0 Å². The van der Waals surface area contributed by atoms with Gasteiger partial charge in [0.2, 0.25) is 0 Å². The zero-order chi connectivity index (χ0) is 20.7. The van der Waals surface area contributed by atoms with E-state index in [4.69, 9.17) is 4.74 Å². The summed E-state index contributed by atoms with van der Waals surface area (Å²) in [5.41, 5.74) is 0.676. The fraction of sp³-hybridized carbons (Fsp3) is 0.750. The highest BCUT2D eigenvalue weighted by Crippen LogP contribution is 2.20. The third-order valence-corrected chi connectivity index (χ3v) is 4.85. The molecule has 8 nitrogen and oxygen atoms in total. The molecule has 0 radical (unpaired) electrons. The van der Waals surface area contributed by atoms with Crippen molar-refractivity contribution in [1.29, 1.82) is 0 Å². The van der Waals surface area contributed by atoms with Gasteiger partial charge in [-0.1, -0.05) is 0 Å². The van der Waals surface area contributed by atoms with Gasteiger partial charge < -0.3 is 19.9 Å². The molecule has 28 heavy (non-hydrogen) atoms. The van der Waals surface area contributed by atoms with Crippen molar-refractivity contribution in [2.45, 2.75) is 52.7 Å². The Morgan fingerprint density at radius 2 is 2.07 bits per heavy atom. The summed E-state index contributed by atoms with van der Waals surface area (Å²) in [5, 5.41) is 7.61. The van der Waals surface area contributed by atoms with E-state index in [9.17, 15) is 4.79 Å². The van der Waals surface area contributed by atoms with Crippen molar-refractivity contribution in [1.82, 2.24) is 24.9 Å². The van der Waals surface area contributed by atoms with E-state index in [1.165, 1.54) is 0 Å². The number of rotatable bonds is 5. The molecule has 1 aliphatic rings. The summed E-state index contributed by atoms with van der Waals surface area (Å²) in [7, 11) is 3.74. The van der Waals surface area contributed by atoms with Crippen LogP contribution in [-0.2, 0) is 18.3 Å². The molecule has 2 rings (SSSR count). The van der Waals surface area contributed by atoms with Gasteiger partial charge in [-0.25, -0.2) is 4.79 Å². The molecule has 1 N–H and O–H groups in total. The lowest BCUT2D eigenvalue weighted by molar-refractivity contribution is 0.0214. The van der Waals surface area contributed by atoms with E-state index in [0.717, 1.165) is 44.0 Å². The van der Waals surface area contributed by atoms with Crippen molar-refractivity contribution < 1.29 is 9.53 Å². The Kier molecular flexibility index (Phi) is 7.71. The Morgan fingerprint density at radius 3 is 2.57 bits per heavy atom. The van der Waals surface area contributed by atoms with Crippen LogP contribution in [0.15, 0.2) is 17.4 Å². The van der Waals surface area contributed by atoms with E-state index in [1.807, 2.05) is 59.1 Å². The van der Waals surface area contributed by atoms with E-state index in [1.54, 1.807) is 4.68 Å². The summed E-state index contributed by atoms with van der Waals surface area (Å²) in [6.45, 7) is 11.7. The first-order valence-corrected chi connectivity index (χ1v) is 10.1. The van der Waals surface area contributed by atoms with E-state index < -0.39 is 5.60 Å². The molecule has 0 unspecified atom stereocenters. The summed E-state index contributed by atoms with van der Waals surface area (Å²) in [6, 6.07) is 0. The van der Waals surface area contributed by atoms with Crippen molar-refractivity contribution >= 4 is 12.1 Å². The molecule has 1 aliphatic heterocycles. The second-order valence-electron chi connectivity index (χ2n) is 8.37. The number of nitrogens with one attached hydrogen (secondary N) is 1. The number of guanidine groups is 1. The van der Waals surface area contributed by atoms with Crippen LogP contribution in [0.4, 0.5) is 4.79 Å². The lowest BCUT2D eigenvalue weighted by atomic mass is 9.96. The van der Waals surface area contributed by atoms with Crippen LogP contribution in [0.2, 0.25) is 0 Å². The van der Waals surface area contributed by atoms with Gasteiger partial charge in [0.25, 0.3) is 0 Å². The highest BCUT2D eigenvalue weighted by atomic mass is 16.6. The fourth-order valence-electron chi connectivity index (χ4n) is 3.37. The quantitative estimate of drug-likeness (QED) is 0.615. The summed E-state index contributed by atoms with van der Waals surface area (Å²) < 4.78 is 7.33. The number of aromatic nitrogens is 2. The van der Waals surface area contributed by atoms with Gasteiger partial charge in [-0.05, 0) is 46.5 Å². The maximum atomic E-state index is 12.4. The minimum Gasteiger partial charge on any atom is -0.444 e. The van der Waals surface area contributed by atoms with Gasteiger partial charge in [0.15, 0.2) is 5.96 Å². The number of aryl methyl sites for hydroxylation is 1. The van der Waals surface area contributed by atoms with E-state index in [2.05, 4.69) is 20.3 Å². The normalized spacial score (nSPS) is 16.2. The number of hydrogen-bond donors (Lipinski definition) is 1. The number of carbonyl (C=O) groups excluding carboxylic acids is 1. The Bertz CT molecular complexity index is 656. The van der Waals surface area contributed by atoms with Crippen LogP contribution in [0.5, 0.6) is 0 Å². The number of aliphatic imine (C=N–C) groups is 1. The summed E-state index contributed by atoms with van der Waals surface area (Å²) >= 11 is 0. The molecule has 0 atom stereocenters. The molecule has 0 spiro atoms. The molecule has 1 saturated heterocycles. The molecular weight excluding hydrogens is 356 g/mol. The number of amides is 1. The third kappa shape index (κ3) is 6.73. The molecule has 158 valence electrons. The van der Waals surface area contributed by atoms with Crippen molar-refractivity contribution in [3.63, 3.8) is 0 Å². The standard InChI is InChI=1S/C20H36N6O2/c1-7-25(19(27)28-20(2,3)4)15-16-8-10-26(11-9-16)18(21-5)22-12-17-13-23-24(6)14-17/h13-14,16H,7-12,15H2,1-6H3,(H,21,22). The molecule has 2 heterocycles. The zero-order valence-corrected chi connectivity index (χ0v) is 18.2. The van der Waals surface area contributed by atoms with Gasteiger partial charge in [-0.2, -0.15) is 5.10 Å². The third-order valence-electron chi connectivity index (χ3n) is 4.85. The van der Waals surface area contributed by atoms with Gasteiger partial charge >= 0.3 is 6.09 Å². The van der Waals surface area contributed by atoms with Gasteiger partial charge in [0.05, 0.1) is 6.20 Å². The lowest BCUT2D eigenvalue weighted by Crippen LogP contribution is -2.47. The average molecular weight is 393 g/mol. The van der Waals surface area contributed by atoms with Crippen LogP contribution in [-0.4, -0.2) is 70.5 Å². The number of ether oxygens (including phenoxy) is 1. The van der Waals surface area contributed by atoms with Gasteiger partial charge in [0.1, 0.15) is 5.60 Å². The molecule has 0 saturated carbocycles. The Labute approximate surface area is 168 Å². The van der Waals surface area contributed by atoms with Gasteiger partial charge in [-0.15, -0.1) is 0 Å². The molecule has 8 heteroatoms. The first kappa shape index (κ1) is 22.0. The summed E-state index contributed by atoms with van der Waals surface area (Å²) in [6.07, 6.45) is 5.72. The van der Waals surface area contributed by atoms with Crippen LogP contribution < -0.4 is 5.32 Å². The second kappa shape index (κ2) is 9.80. The highest BCUT2D eigenvalue weighted by Gasteiger charge is 2.27. The monoisotopic (exact) mass is 392 g/mol. The maximum Gasteiger partial charge on any atom is 0.410 e. The van der Waals surface area contributed by atoms with Crippen molar-refractivity contribution in [2.24, 2.45) is 18.0 Å². The Hall–Kier alpha value is -2.25. The molecular formula is C20H36N6O2. The fourth-order valence-corrected chi connectivity index (χ4v) is 3.37. The number of piperidine rings is 1. The molecule has 1 amide bonds. The van der Waals surface area contributed by atoms with Crippen LogP contribution in [0.25, 0.3) is 0 Å². The largest absolute Gasteiger partial charge is 0.444 e. The number of likely N-dealkylation sites (tertiary alicyclic amines) is 1. The SMILES string of the molecule is CCN(CC1CCN(C(=NC)NCc2cnn(C)c2)CC1)C(=O)OC(C)(C)C. The van der Waals surface area contributed by atoms with Crippen molar-refractivity contribution in [3.05, 3.63) is 18.0 Å². The van der Waals surface area contributed by atoms with Crippen molar-refractivity contribution in [2.75, 3.05) is 33.2 Å². The van der Waals surface area contributed by atoms with Crippen LogP contribution in [0.1, 0.15) is 46.1 Å². The van der Waals surface area contributed by atoms with E-state index in [0.29, 0.717) is 19.0 Å². The maximum absolute atomic E-state index is 12.4. The van der Waals surface area contributed by atoms with E-state index in [-0.39, 0.29) is 6.09 Å². The number of carbonyl (C=O) groups is 1. The molecule has 1 aromatic rings.